The fourth-order valence-electron chi connectivity index (χ4n) is 2.60. The number of aromatic amines is 2. The van der Waals surface area contributed by atoms with Crippen LogP contribution in [0.3, 0.4) is 0 Å². The number of amides is 1. The van der Waals surface area contributed by atoms with E-state index >= 15 is 0 Å². The van der Waals surface area contributed by atoms with Gasteiger partial charge in [-0.1, -0.05) is 36.0 Å². The van der Waals surface area contributed by atoms with Crippen molar-refractivity contribution in [2.24, 2.45) is 0 Å². The van der Waals surface area contributed by atoms with Crippen molar-refractivity contribution in [2.45, 2.75) is 11.7 Å². The van der Waals surface area contributed by atoms with Gasteiger partial charge in [-0.05, 0) is 24.3 Å². The number of hydrogen-bond donors (Lipinski definition) is 3. The van der Waals surface area contributed by atoms with Crippen molar-refractivity contribution in [1.29, 1.82) is 0 Å². The summed E-state index contributed by atoms with van der Waals surface area (Å²) in [6, 6.07) is 14.8. The molecule has 0 radical (unpaired) electrons. The van der Waals surface area contributed by atoms with Crippen molar-refractivity contribution in [3.63, 3.8) is 0 Å². The molecule has 2 aromatic carbocycles. The first kappa shape index (κ1) is 16.3. The van der Waals surface area contributed by atoms with Gasteiger partial charge in [0.25, 0.3) is 5.56 Å². The quantitative estimate of drug-likeness (QED) is 0.372. The smallest absolute Gasteiger partial charge is 0.281 e. The van der Waals surface area contributed by atoms with E-state index in [1.807, 2.05) is 36.4 Å². The summed E-state index contributed by atoms with van der Waals surface area (Å²) in [7, 11) is 0. The normalized spacial score (nSPS) is 11.1. The lowest BCUT2D eigenvalue weighted by Gasteiger charge is -2.04. The highest BCUT2D eigenvalue weighted by Crippen LogP contribution is 2.14. The Morgan fingerprint density at radius 2 is 1.77 bits per heavy atom. The first-order valence-corrected chi connectivity index (χ1v) is 9.00. The van der Waals surface area contributed by atoms with Gasteiger partial charge in [0.05, 0.1) is 34.2 Å². The van der Waals surface area contributed by atoms with Crippen LogP contribution in [0.15, 0.2) is 58.5 Å². The summed E-state index contributed by atoms with van der Waals surface area (Å²) >= 11 is 1.19. The lowest BCUT2D eigenvalue weighted by atomic mass is 10.2. The van der Waals surface area contributed by atoms with E-state index < -0.39 is 0 Å². The third-order valence-electron chi connectivity index (χ3n) is 3.83. The molecule has 8 heteroatoms. The largest absolute Gasteiger partial charge is 0.348 e. The molecule has 0 aliphatic rings. The number of thioether (sulfide) groups is 1. The number of benzene rings is 2. The van der Waals surface area contributed by atoms with Crippen LogP contribution >= 0.6 is 11.8 Å². The Bertz CT molecular complexity index is 1120. The van der Waals surface area contributed by atoms with Crippen LogP contribution in [0.4, 0.5) is 0 Å². The Morgan fingerprint density at radius 3 is 2.62 bits per heavy atom. The van der Waals surface area contributed by atoms with Gasteiger partial charge in [0.2, 0.25) is 5.91 Å². The maximum absolute atomic E-state index is 12.1. The van der Waals surface area contributed by atoms with E-state index in [-0.39, 0.29) is 17.2 Å². The van der Waals surface area contributed by atoms with Crippen molar-refractivity contribution in [2.75, 3.05) is 5.75 Å². The zero-order valence-electron chi connectivity index (χ0n) is 13.7. The molecule has 0 aliphatic heterocycles. The van der Waals surface area contributed by atoms with Gasteiger partial charge in [-0.2, -0.15) is 4.98 Å². The number of para-hydroxylation sites is 3. The molecule has 0 fully saturated rings. The molecule has 26 heavy (non-hydrogen) atoms. The Hall–Kier alpha value is -3.13. The van der Waals surface area contributed by atoms with Gasteiger partial charge >= 0.3 is 0 Å². The molecule has 1 amide bonds. The number of nitrogens with zero attached hydrogens (tertiary/aromatic N) is 2. The van der Waals surface area contributed by atoms with E-state index in [1.54, 1.807) is 12.1 Å². The Kier molecular flexibility index (Phi) is 4.40. The monoisotopic (exact) mass is 365 g/mol. The van der Waals surface area contributed by atoms with Crippen LogP contribution in [0.2, 0.25) is 0 Å². The van der Waals surface area contributed by atoms with Crippen molar-refractivity contribution in [1.82, 2.24) is 25.3 Å². The molecule has 0 spiro atoms. The highest BCUT2D eigenvalue weighted by atomic mass is 32.2. The first-order valence-electron chi connectivity index (χ1n) is 8.01. The topological polar surface area (TPSA) is 104 Å². The number of fused-ring (bicyclic) bond motifs is 2. The van der Waals surface area contributed by atoms with Crippen molar-refractivity contribution in [3.8, 4) is 0 Å². The summed E-state index contributed by atoms with van der Waals surface area (Å²) in [5, 5.41) is 3.77. The molecule has 0 aliphatic carbocycles. The van der Waals surface area contributed by atoms with E-state index in [1.165, 1.54) is 11.8 Å². The van der Waals surface area contributed by atoms with Crippen molar-refractivity contribution in [3.05, 3.63) is 64.7 Å². The molecule has 2 heterocycles. The number of imidazole rings is 1. The molecule has 2 aromatic heterocycles. The predicted octanol–water partition coefficient (Wildman–Crippen LogP) is 2.21. The zero-order chi connectivity index (χ0) is 17.9. The minimum absolute atomic E-state index is 0.154. The van der Waals surface area contributed by atoms with Crippen LogP contribution in [0.1, 0.15) is 5.82 Å². The van der Waals surface area contributed by atoms with Crippen LogP contribution in [0.5, 0.6) is 0 Å². The van der Waals surface area contributed by atoms with E-state index in [9.17, 15) is 9.59 Å². The number of aromatic nitrogens is 4. The average Bonchev–Trinajstić information content (AvgIpc) is 3.08. The third-order valence-corrected chi connectivity index (χ3v) is 4.71. The van der Waals surface area contributed by atoms with Crippen LogP contribution in [0.25, 0.3) is 21.9 Å². The van der Waals surface area contributed by atoms with E-state index in [2.05, 4.69) is 25.3 Å². The standard InChI is InChI=1S/C18H15N5O2S/c24-16(19-9-15-20-13-7-3-4-8-14(13)21-15)10-26-18-22-12-6-2-1-5-11(12)17(25)23-18/h1-8H,9-10H2,(H,19,24)(H,20,21)(H,22,23,25). The molecule has 0 saturated heterocycles. The van der Waals surface area contributed by atoms with Crippen LogP contribution in [-0.4, -0.2) is 31.6 Å². The molecule has 0 atom stereocenters. The summed E-state index contributed by atoms with van der Waals surface area (Å²) in [5.74, 6) is 0.690. The fourth-order valence-corrected chi connectivity index (χ4v) is 3.30. The number of carbonyl (C=O) groups excluding carboxylic acids is 1. The molecule has 4 rings (SSSR count). The highest BCUT2D eigenvalue weighted by Gasteiger charge is 2.08. The fraction of sp³-hybridized carbons (Fsp3) is 0.111. The van der Waals surface area contributed by atoms with Gasteiger partial charge < -0.3 is 15.3 Å². The number of rotatable bonds is 5. The lowest BCUT2D eigenvalue weighted by molar-refractivity contribution is -0.118. The Balaban J connectivity index is 1.37. The van der Waals surface area contributed by atoms with Gasteiger partial charge in [-0.15, -0.1) is 0 Å². The van der Waals surface area contributed by atoms with Crippen LogP contribution in [0, 0.1) is 0 Å². The van der Waals surface area contributed by atoms with Crippen molar-refractivity contribution >= 4 is 39.6 Å². The van der Waals surface area contributed by atoms with Crippen molar-refractivity contribution < 1.29 is 4.79 Å². The first-order chi connectivity index (χ1) is 12.7. The van der Waals surface area contributed by atoms with E-state index in [0.717, 1.165) is 11.0 Å². The lowest BCUT2D eigenvalue weighted by Crippen LogP contribution is -2.25. The molecular weight excluding hydrogens is 350 g/mol. The van der Waals surface area contributed by atoms with Gasteiger partial charge in [0, 0.05) is 0 Å². The third kappa shape index (κ3) is 3.45. The van der Waals surface area contributed by atoms with E-state index in [4.69, 9.17) is 0 Å². The predicted molar refractivity (Wildman–Crippen MR) is 101 cm³/mol. The average molecular weight is 365 g/mol. The molecule has 7 nitrogen and oxygen atoms in total. The van der Waals surface area contributed by atoms with Gasteiger partial charge in [0.15, 0.2) is 5.16 Å². The van der Waals surface area contributed by atoms with Gasteiger partial charge in [-0.25, -0.2) is 4.98 Å². The second-order valence-corrected chi connectivity index (χ2v) is 6.62. The zero-order valence-corrected chi connectivity index (χ0v) is 14.5. The summed E-state index contributed by atoms with van der Waals surface area (Å²) in [6.45, 7) is 0.315. The number of nitrogens with one attached hydrogen (secondary N) is 3. The Labute approximate surface area is 152 Å². The summed E-state index contributed by atoms with van der Waals surface area (Å²) in [4.78, 5) is 38.7. The second kappa shape index (κ2) is 7.01. The van der Waals surface area contributed by atoms with Crippen LogP contribution < -0.4 is 10.9 Å². The second-order valence-electron chi connectivity index (χ2n) is 5.66. The van der Waals surface area contributed by atoms with Gasteiger partial charge in [0.1, 0.15) is 5.82 Å². The summed E-state index contributed by atoms with van der Waals surface area (Å²) < 4.78 is 0. The van der Waals surface area contributed by atoms with Crippen LogP contribution in [-0.2, 0) is 11.3 Å². The molecule has 0 unspecified atom stereocenters. The molecular formula is C18H15N5O2S. The molecule has 130 valence electrons. The maximum Gasteiger partial charge on any atom is 0.281 e. The number of carbonyl (C=O) groups is 1. The minimum atomic E-state index is -0.301. The van der Waals surface area contributed by atoms with Gasteiger partial charge in [-0.3, -0.25) is 9.59 Å². The molecule has 3 N–H and O–H groups in total. The number of H-pyrrole nitrogens is 2. The molecule has 0 saturated carbocycles. The SMILES string of the molecule is O=C(CSc1nc(=O)c2ccccc2[nH]1)NCc1nc2ccccc2[nH]1. The minimum Gasteiger partial charge on any atom is -0.348 e. The highest BCUT2D eigenvalue weighted by molar-refractivity contribution is 7.99. The summed E-state index contributed by atoms with van der Waals surface area (Å²) in [5.41, 5.74) is 2.20. The summed E-state index contributed by atoms with van der Waals surface area (Å²) in [6.07, 6.45) is 0. The molecule has 4 aromatic rings. The van der Waals surface area contributed by atoms with E-state index in [0.29, 0.717) is 28.4 Å². The molecule has 0 bridgehead atoms. The maximum atomic E-state index is 12.1. The Morgan fingerprint density at radius 1 is 1.00 bits per heavy atom. The number of hydrogen-bond acceptors (Lipinski definition) is 5.